The molecule has 0 bridgehead atoms. The molecule has 0 fully saturated rings. The minimum atomic E-state index is -0.339. The molecule has 2 aromatic carbocycles. The molecule has 0 N–H and O–H groups in total. The quantitative estimate of drug-likeness (QED) is 0.445. The number of hydrogen-bond acceptors (Lipinski definition) is 6. The van der Waals surface area contributed by atoms with E-state index in [1.807, 2.05) is 36.4 Å². The number of thiophene rings is 1. The van der Waals surface area contributed by atoms with Crippen molar-refractivity contribution in [2.45, 2.75) is 6.54 Å². The zero-order valence-electron chi connectivity index (χ0n) is 14.9. The average Bonchev–Trinajstić information content (AvgIpc) is 3.39. The molecule has 142 valence electrons. The van der Waals surface area contributed by atoms with Gasteiger partial charge in [-0.15, -0.1) is 11.3 Å². The van der Waals surface area contributed by atoms with Crippen molar-refractivity contribution < 1.29 is 8.91 Å². The Morgan fingerprint density at radius 2 is 1.83 bits per heavy atom. The molecule has 0 amide bonds. The molecule has 0 unspecified atom stereocenters. The van der Waals surface area contributed by atoms with E-state index in [2.05, 4.69) is 15.1 Å². The molecular weight excluding hydrogens is 391 g/mol. The number of nitrogens with zero attached hydrogens (tertiary/aromatic N) is 4. The highest BCUT2D eigenvalue weighted by atomic mass is 32.1. The van der Waals surface area contributed by atoms with Gasteiger partial charge in [0.1, 0.15) is 17.1 Å². The fourth-order valence-corrected chi connectivity index (χ4v) is 4.05. The lowest BCUT2D eigenvalue weighted by Gasteiger charge is -2.00. The molecule has 3 heterocycles. The fraction of sp³-hybridized carbons (Fsp3) is 0.0476. The minimum absolute atomic E-state index is 0.106. The lowest BCUT2D eigenvalue weighted by molar-refractivity contribution is 0.369. The molecular formula is C21H13FN4O2S. The minimum Gasteiger partial charge on any atom is -0.337 e. The van der Waals surface area contributed by atoms with Gasteiger partial charge in [0.25, 0.3) is 5.56 Å². The number of aromatic nitrogens is 4. The Bertz CT molecular complexity index is 1360. The summed E-state index contributed by atoms with van der Waals surface area (Å²) in [6.07, 6.45) is 1.48. The van der Waals surface area contributed by atoms with E-state index in [4.69, 9.17) is 4.52 Å². The molecule has 0 aliphatic rings. The summed E-state index contributed by atoms with van der Waals surface area (Å²) >= 11 is 1.41. The van der Waals surface area contributed by atoms with Gasteiger partial charge < -0.3 is 4.52 Å². The third-order valence-corrected chi connectivity index (χ3v) is 5.60. The molecule has 0 atom stereocenters. The van der Waals surface area contributed by atoms with Crippen molar-refractivity contribution in [2.75, 3.05) is 0 Å². The molecule has 5 aromatic rings. The SMILES string of the molecule is O=c1c2sc(-c3ccccc3)cc2ncn1Cc1nc(-c2ccc(F)cc2)no1. The van der Waals surface area contributed by atoms with Crippen molar-refractivity contribution in [3.63, 3.8) is 0 Å². The van der Waals surface area contributed by atoms with Crippen molar-refractivity contribution in [2.24, 2.45) is 0 Å². The maximum absolute atomic E-state index is 13.1. The Hall–Kier alpha value is -3.65. The van der Waals surface area contributed by atoms with E-state index < -0.39 is 0 Å². The number of fused-ring (bicyclic) bond motifs is 1. The molecule has 8 heteroatoms. The Labute approximate surface area is 167 Å². The molecule has 0 aliphatic heterocycles. The zero-order chi connectivity index (χ0) is 19.8. The molecule has 6 nitrogen and oxygen atoms in total. The predicted octanol–water partition coefficient (Wildman–Crippen LogP) is 4.36. The van der Waals surface area contributed by atoms with Crippen LogP contribution in [0, 0.1) is 5.82 Å². The molecule has 0 aliphatic carbocycles. The van der Waals surface area contributed by atoms with Crippen LogP contribution in [0.2, 0.25) is 0 Å². The first-order valence-corrected chi connectivity index (χ1v) is 9.62. The monoisotopic (exact) mass is 404 g/mol. The van der Waals surface area contributed by atoms with E-state index in [-0.39, 0.29) is 23.8 Å². The Balaban J connectivity index is 1.46. The first-order valence-electron chi connectivity index (χ1n) is 8.80. The highest BCUT2D eigenvalue weighted by Crippen LogP contribution is 2.30. The summed E-state index contributed by atoms with van der Waals surface area (Å²) in [5.74, 6) is 0.270. The van der Waals surface area contributed by atoms with Gasteiger partial charge in [-0.2, -0.15) is 4.98 Å². The number of benzene rings is 2. The third kappa shape index (κ3) is 3.34. The van der Waals surface area contributed by atoms with Crippen molar-refractivity contribution in [3.05, 3.63) is 89.1 Å². The summed E-state index contributed by atoms with van der Waals surface area (Å²) in [7, 11) is 0. The summed E-state index contributed by atoms with van der Waals surface area (Å²) in [6.45, 7) is 0.106. The van der Waals surface area contributed by atoms with E-state index in [1.54, 1.807) is 12.1 Å². The van der Waals surface area contributed by atoms with Gasteiger partial charge in [0.05, 0.1) is 11.8 Å². The Morgan fingerprint density at radius 3 is 2.62 bits per heavy atom. The van der Waals surface area contributed by atoms with Crippen LogP contribution < -0.4 is 5.56 Å². The first-order chi connectivity index (χ1) is 14.2. The molecule has 0 radical (unpaired) electrons. The van der Waals surface area contributed by atoms with Crippen LogP contribution in [0.4, 0.5) is 4.39 Å². The van der Waals surface area contributed by atoms with Crippen LogP contribution in [0.15, 0.2) is 76.3 Å². The second-order valence-electron chi connectivity index (χ2n) is 6.39. The predicted molar refractivity (Wildman–Crippen MR) is 108 cm³/mol. The topological polar surface area (TPSA) is 73.8 Å². The van der Waals surface area contributed by atoms with E-state index in [9.17, 15) is 9.18 Å². The van der Waals surface area contributed by atoms with Gasteiger partial charge in [0.15, 0.2) is 0 Å². The third-order valence-electron chi connectivity index (χ3n) is 4.44. The van der Waals surface area contributed by atoms with Crippen LogP contribution in [-0.2, 0) is 6.54 Å². The van der Waals surface area contributed by atoms with Crippen LogP contribution in [-0.4, -0.2) is 19.7 Å². The van der Waals surface area contributed by atoms with E-state index >= 15 is 0 Å². The average molecular weight is 404 g/mol. The van der Waals surface area contributed by atoms with Gasteiger partial charge in [-0.3, -0.25) is 9.36 Å². The van der Waals surface area contributed by atoms with Crippen LogP contribution >= 0.6 is 11.3 Å². The summed E-state index contributed by atoms with van der Waals surface area (Å²) in [6, 6.07) is 17.6. The summed E-state index contributed by atoms with van der Waals surface area (Å²) in [5, 5.41) is 3.91. The maximum atomic E-state index is 13.1. The normalized spacial score (nSPS) is 11.2. The molecule has 29 heavy (non-hydrogen) atoms. The van der Waals surface area contributed by atoms with Crippen molar-refractivity contribution >= 4 is 21.6 Å². The fourth-order valence-electron chi connectivity index (χ4n) is 2.98. The second kappa shape index (κ2) is 7.06. The second-order valence-corrected chi connectivity index (χ2v) is 7.44. The molecule has 0 saturated heterocycles. The van der Waals surface area contributed by atoms with E-state index in [1.165, 1.54) is 34.4 Å². The smallest absolute Gasteiger partial charge is 0.271 e. The van der Waals surface area contributed by atoms with Crippen molar-refractivity contribution in [3.8, 4) is 21.8 Å². The van der Waals surface area contributed by atoms with Crippen LogP contribution in [0.5, 0.6) is 0 Å². The Kier molecular flexibility index (Phi) is 4.25. The molecule has 0 saturated carbocycles. The number of rotatable bonds is 4. The van der Waals surface area contributed by atoms with E-state index in [0.29, 0.717) is 21.6 Å². The van der Waals surface area contributed by atoms with E-state index in [0.717, 1.165) is 10.4 Å². The Morgan fingerprint density at radius 1 is 1.03 bits per heavy atom. The van der Waals surface area contributed by atoms with Crippen LogP contribution in [0.25, 0.3) is 32.0 Å². The van der Waals surface area contributed by atoms with Crippen molar-refractivity contribution in [1.82, 2.24) is 19.7 Å². The van der Waals surface area contributed by atoms with Crippen molar-refractivity contribution in [1.29, 1.82) is 0 Å². The summed E-state index contributed by atoms with van der Waals surface area (Å²) < 4.78 is 20.3. The molecule has 5 rings (SSSR count). The van der Waals surface area contributed by atoms with Gasteiger partial charge in [-0.25, -0.2) is 9.37 Å². The van der Waals surface area contributed by atoms with Crippen LogP contribution in [0.1, 0.15) is 5.89 Å². The number of halogens is 1. The summed E-state index contributed by atoms with van der Waals surface area (Å²) in [4.78, 5) is 22.6. The van der Waals surface area contributed by atoms with Gasteiger partial charge >= 0.3 is 0 Å². The first kappa shape index (κ1) is 17.4. The maximum Gasteiger partial charge on any atom is 0.271 e. The standard InChI is InChI=1S/C21H13FN4O2S/c22-15-8-6-14(7-9-15)20-24-18(28-25-20)11-26-12-23-16-10-17(29-19(16)21(26)27)13-4-2-1-3-5-13/h1-10,12H,11H2. The largest absolute Gasteiger partial charge is 0.337 e. The molecule has 3 aromatic heterocycles. The zero-order valence-corrected chi connectivity index (χ0v) is 15.8. The van der Waals surface area contributed by atoms with Gasteiger partial charge in [-0.1, -0.05) is 35.5 Å². The highest BCUT2D eigenvalue weighted by molar-refractivity contribution is 7.22. The van der Waals surface area contributed by atoms with Gasteiger partial charge in [-0.05, 0) is 35.9 Å². The lowest BCUT2D eigenvalue weighted by atomic mass is 10.2. The highest BCUT2D eigenvalue weighted by Gasteiger charge is 2.14. The van der Waals surface area contributed by atoms with Gasteiger partial charge in [0.2, 0.25) is 11.7 Å². The molecule has 0 spiro atoms. The van der Waals surface area contributed by atoms with Crippen LogP contribution in [0.3, 0.4) is 0 Å². The lowest BCUT2D eigenvalue weighted by Crippen LogP contribution is -2.20. The summed E-state index contributed by atoms with van der Waals surface area (Å²) in [5.41, 5.74) is 2.17. The number of hydrogen-bond donors (Lipinski definition) is 0. The van der Waals surface area contributed by atoms with Gasteiger partial charge in [0, 0.05) is 10.4 Å².